The number of hydrogen-bond acceptors (Lipinski definition) is 5. The second-order valence-corrected chi connectivity index (χ2v) is 7.02. The molecule has 0 aromatic heterocycles. The van der Waals surface area contributed by atoms with Gasteiger partial charge in [-0.2, -0.15) is 0 Å². The van der Waals surface area contributed by atoms with Gasteiger partial charge in [0.1, 0.15) is 0 Å². The van der Waals surface area contributed by atoms with Crippen LogP contribution in [-0.4, -0.2) is 26.3 Å². The first kappa shape index (κ1) is 17.0. The van der Waals surface area contributed by atoms with Crippen LogP contribution in [0.5, 0.6) is 11.5 Å². The fourth-order valence-corrected chi connectivity index (χ4v) is 3.34. The zero-order valence-electron chi connectivity index (χ0n) is 13.0. The van der Waals surface area contributed by atoms with Crippen LogP contribution < -0.4 is 14.2 Å². The Morgan fingerprint density at radius 2 is 1.96 bits per heavy atom. The lowest BCUT2D eigenvalue weighted by Crippen LogP contribution is -2.23. The van der Waals surface area contributed by atoms with E-state index in [1.807, 2.05) is 0 Å². The summed E-state index contributed by atoms with van der Waals surface area (Å²) in [6, 6.07) is 11.2. The molecule has 0 aliphatic carbocycles. The lowest BCUT2D eigenvalue weighted by atomic mass is 10.2. The average molecular weight is 361 g/mol. The molecule has 0 spiro atoms. The van der Waals surface area contributed by atoms with E-state index in [9.17, 15) is 13.2 Å². The van der Waals surface area contributed by atoms with Crippen LogP contribution in [0.15, 0.2) is 53.4 Å². The molecule has 1 aliphatic heterocycles. The minimum atomic E-state index is -3.74. The van der Waals surface area contributed by atoms with E-state index in [-0.39, 0.29) is 18.2 Å². The minimum Gasteiger partial charge on any atom is -0.478 e. The first-order chi connectivity index (χ1) is 11.9. The summed E-state index contributed by atoms with van der Waals surface area (Å²) in [6.07, 6.45) is 2.28. The van der Waals surface area contributed by atoms with E-state index < -0.39 is 16.0 Å². The first-order valence-corrected chi connectivity index (χ1v) is 8.82. The number of carboxylic acid groups (broad SMARTS) is 1. The molecule has 0 radical (unpaired) electrons. The fourth-order valence-electron chi connectivity index (χ4n) is 2.27. The van der Waals surface area contributed by atoms with Gasteiger partial charge in [-0.25, -0.2) is 17.9 Å². The number of benzene rings is 2. The molecule has 1 aliphatic rings. The molecule has 0 fully saturated rings. The number of carbonyl (C=O) groups is 1. The molecule has 130 valence electrons. The molecule has 2 aromatic rings. The van der Waals surface area contributed by atoms with Crippen molar-refractivity contribution >= 4 is 22.1 Å². The van der Waals surface area contributed by atoms with Gasteiger partial charge in [0.05, 0.1) is 4.90 Å². The lowest BCUT2D eigenvalue weighted by Gasteiger charge is -2.08. The zero-order chi connectivity index (χ0) is 17.9. The van der Waals surface area contributed by atoms with Crippen LogP contribution in [-0.2, 0) is 21.4 Å². The highest BCUT2D eigenvalue weighted by Gasteiger charge is 2.16. The molecule has 0 saturated carbocycles. The van der Waals surface area contributed by atoms with Crippen LogP contribution in [0.2, 0.25) is 0 Å². The Hall–Kier alpha value is -2.84. The molecule has 0 bridgehead atoms. The largest absolute Gasteiger partial charge is 0.478 e. The van der Waals surface area contributed by atoms with E-state index in [1.165, 1.54) is 18.2 Å². The smallest absolute Gasteiger partial charge is 0.328 e. The predicted molar refractivity (Wildman–Crippen MR) is 89.7 cm³/mol. The van der Waals surface area contributed by atoms with Crippen LogP contribution in [0.3, 0.4) is 0 Å². The van der Waals surface area contributed by atoms with Gasteiger partial charge in [-0.15, -0.1) is 0 Å². The quantitative estimate of drug-likeness (QED) is 0.763. The highest BCUT2D eigenvalue weighted by molar-refractivity contribution is 7.89. The molecule has 3 rings (SSSR count). The molecule has 7 nitrogen and oxygen atoms in total. The Kier molecular flexibility index (Phi) is 4.73. The van der Waals surface area contributed by atoms with Crippen molar-refractivity contribution in [1.29, 1.82) is 0 Å². The standard InChI is InChI=1S/C17H15NO6S/c19-17(20)7-5-12-2-1-3-14(8-12)25(21,22)18-10-13-4-6-15-16(9-13)24-11-23-15/h1-9,18H,10-11H2,(H,19,20). The molecule has 8 heteroatoms. The van der Waals surface area contributed by atoms with E-state index in [4.69, 9.17) is 14.6 Å². The van der Waals surface area contributed by atoms with Gasteiger partial charge in [-0.1, -0.05) is 18.2 Å². The summed E-state index contributed by atoms with van der Waals surface area (Å²) in [4.78, 5) is 10.6. The molecule has 0 unspecified atom stereocenters. The van der Waals surface area contributed by atoms with Crippen LogP contribution >= 0.6 is 0 Å². The van der Waals surface area contributed by atoms with E-state index in [1.54, 1.807) is 30.3 Å². The van der Waals surface area contributed by atoms with Gasteiger partial charge >= 0.3 is 5.97 Å². The van der Waals surface area contributed by atoms with E-state index in [2.05, 4.69) is 4.72 Å². The molecule has 0 saturated heterocycles. The Bertz CT molecular complexity index is 936. The Morgan fingerprint density at radius 1 is 1.16 bits per heavy atom. The van der Waals surface area contributed by atoms with Crippen molar-refractivity contribution in [1.82, 2.24) is 4.72 Å². The molecule has 1 heterocycles. The van der Waals surface area contributed by atoms with Crippen LogP contribution in [0.1, 0.15) is 11.1 Å². The van der Waals surface area contributed by atoms with Crippen molar-refractivity contribution in [3.63, 3.8) is 0 Å². The highest BCUT2D eigenvalue weighted by atomic mass is 32.2. The summed E-state index contributed by atoms with van der Waals surface area (Å²) in [6.45, 7) is 0.245. The van der Waals surface area contributed by atoms with E-state index in [0.29, 0.717) is 17.1 Å². The summed E-state index contributed by atoms with van der Waals surface area (Å²) in [5.41, 5.74) is 1.21. The fraction of sp³-hybridized carbons (Fsp3) is 0.118. The van der Waals surface area contributed by atoms with Crippen molar-refractivity contribution in [3.8, 4) is 11.5 Å². The second-order valence-electron chi connectivity index (χ2n) is 5.26. The lowest BCUT2D eigenvalue weighted by molar-refractivity contribution is -0.131. The molecule has 25 heavy (non-hydrogen) atoms. The monoisotopic (exact) mass is 361 g/mol. The Morgan fingerprint density at radius 3 is 2.76 bits per heavy atom. The minimum absolute atomic E-state index is 0.0563. The summed E-state index contributed by atoms with van der Waals surface area (Å²) in [5, 5.41) is 8.64. The topological polar surface area (TPSA) is 102 Å². The van der Waals surface area contributed by atoms with Gasteiger partial charge in [-0.3, -0.25) is 0 Å². The molecule has 0 atom stereocenters. The summed E-state index contributed by atoms with van der Waals surface area (Å²) < 4.78 is 37.8. The SMILES string of the molecule is O=C(O)C=Cc1cccc(S(=O)(=O)NCc2ccc3c(c2)OCO3)c1. The molecular weight excluding hydrogens is 346 g/mol. The summed E-state index contributed by atoms with van der Waals surface area (Å²) in [5.74, 6) is 0.108. The number of ether oxygens (including phenoxy) is 2. The van der Waals surface area contributed by atoms with Crippen molar-refractivity contribution in [2.45, 2.75) is 11.4 Å². The molecule has 2 aromatic carbocycles. The van der Waals surface area contributed by atoms with Gasteiger partial charge < -0.3 is 14.6 Å². The van der Waals surface area contributed by atoms with E-state index in [0.717, 1.165) is 11.6 Å². The third kappa shape index (κ3) is 4.17. The van der Waals surface area contributed by atoms with Crippen LogP contribution in [0.25, 0.3) is 6.08 Å². The van der Waals surface area contributed by atoms with Crippen molar-refractivity contribution < 1.29 is 27.8 Å². The zero-order valence-corrected chi connectivity index (χ0v) is 13.8. The third-order valence-corrected chi connectivity index (χ3v) is 4.89. The Balaban J connectivity index is 1.73. The number of aliphatic carboxylic acids is 1. The first-order valence-electron chi connectivity index (χ1n) is 7.33. The average Bonchev–Trinajstić information content (AvgIpc) is 3.06. The van der Waals surface area contributed by atoms with E-state index >= 15 is 0 Å². The number of sulfonamides is 1. The number of fused-ring (bicyclic) bond motifs is 1. The maximum Gasteiger partial charge on any atom is 0.328 e. The number of nitrogens with one attached hydrogen (secondary N) is 1. The maximum absolute atomic E-state index is 12.4. The number of hydrogen-bond donors (Lipinski definition) is 2. The summed E-state index contributed by atoms with van der Waals surface area (Å²) >= 11 is 0. The van der Waals surface area contributed by atoms with Crippen molar-refractivity contribution in [2.24, 2.45) is 0 Å². The number of carboxylic acids is 1. The third-order valence-electron chi connectivity index (χ3n) is 3.49. The predicted octanol–water partition coefficient (Wildman–Crippen LogP) is 1.99. The van der Waals surface area contributed by atoms with Crippen LogP contribution in [0.4, 0.5) is 0 Å². The maximum atomic E-state index is 12.4. The van der Waals surface area contributed by atoms with Gasteiger partial charge in [0, 0.05) is 12.6 Å². The van der Waals surface area contributed by atoms with Crippen molar-refractivity contribution in [2.75, 3.05) is 6.79 Å². The van der Waals surface area contributed by atoms with Crippen LogP contribution in [0, 0.1) is 0 Å². The second kappa shape index (κ2) is 6.96. The summed E-state index contributed by atoms with van der Waals surface area (Å²) in [7, 11) is -3.74. The van der Waals surface area contributed by atoms with Gasteiger partial charge in [0.2, 0.25) is 16.8 Å². The molecule has 0 amide bonds. The highest BCUT2D eigenvalue weighted by Crippen LogP contribution is 2.32. The Labute approximate surface area is 144 Å². The van der Waals surface area contributed by atoms with Gasteiger partial charge in [0.25, 0.3) is 0 Å². The van der Waals surface area contributed by atoms with Gasteiger partial charge in [-0.05, 0) is 41.5 Å². The number of rotatable bonds is 6. The normalized spacial score (nSPS) is 13.3. The molecule has 2 N–H and O–H groups in total. The van der Waals surface area contributed by atoms with Crippen molar-refractivity contribution in [3.05, 3.63) is 59.7 Å². The molecular formula is C17H15NO6S. The van der Waals surface area contributed by atoms with Gasteiger partial charge in [0.15, 0.2) is 11.5 Å².